The van der Waals surface area contributed by atoms with Gasteiger partial charge in [0.2, 0.25) is 0 Å². The second kappa shape index (κ2) is 73.9. The smallest absolute Gasteiger partial charge is 0.462 e. The highest BCUT2D eigenvalue weighted by Gasteiger charge is 2.30. The SMILES string of the molecule is CCCCCCCCCCCCCCCCCCCCC(=O)OC[C@H](COP(=O)(O)OC[C@@H](O)COP(=O)(O)OC[C@@H](COC(=O)CCCCCCCCCC)OC(=O)CCCCCCCCCCCCCCC)OC(=O)CCCCCCCCCCCCCCCCCCCCC(C)C. The third-order valence-electron chi connectivity index (χ3n) is 19.0. The Hall–Kier alpha value is -1.94. The Morgan fingerprint density at radius 1 is 0.270 bits per heavy atom. The lowest BCUT2D eigenvalue weighted by molar-refractivity contribution is -0.161. The monoisotopic (exact) mass is 1470 g/mol. The van der Waals surface area contributed by atoms with Gasteiger partial charge in [-0.05, 0) is 31.6 Å². The second-order valence-electron chi connectivity index (χ2n) is 29.6. The minimum atomic E-state index is -4.96. The maximum Gasteiger partial charge on any atom is 0.472 e. The van der Waals surface area contributed by atoms with E-state index in [0.717, 1.165) is 102 Å². The van der Waals surface area contributed by atoms with Crippen LogP contribution in [0.2, 0.25) is 0 Å². The second-order valence-corrected chi connectivity index (χ2v) is 32.5. The summed E-state index contributed by atoms with van der Waals surface area (Å²) in [4.78, 5) is 72.9. The zero-order valence-electron chi connectivity index (χ0n) is 65.3. The number of ether oxygens (including phenoxy) is 4. The van der Waals surface area contributed by atoms with Crippen molar-refractivity contribution in [1.29, 1.82) is 0 Å². The van der Waals surface area contributed by atoms with Crippen molar-refractivity contribution in [2.45, 2.75) is 451 Å². The van der Waals surface area contributed by atoms with Crippen LogP contribution in [0.3, 0.4) is 0 Å². The Bertz CT molecular complexity index is 1910. The van der Waals surface area contributed by atoms with Crippen molar-refractivity contribution in [2.75, 3.05) is 39.6 Å². The highest BCUT2D eigenvalue weighted by Crippen LogP contribution is 2.45. The first-order chi connectivity index (χ1) is 48.5. The average molecular weight is 1470 g/mol. The molecule has 0 radical (unpaired) electrons. The van der Waals surface area contributed by atoms with E-state index in [1.54, 1.807) is 0 Å². The predicted octanol–water partition coefficient (Wildman–Crippen LogP) is 24.4. The molecule has 0 fully saturated rings. The molecular weight excluding hydrogens is 1310 g/mol. The van der Waals surface area contributed by atoms with Gasteiger partial charge in [-0.15, -0.1) is 0 Å². The van der Waals surface area contributed by atoms with E-state index in [1.165, 1.54) is 250 Å². The van der Waals surface area contributed by atoms with Crippen LogP contribution in [0.25, 0.3) is 0 Å². The summed E-state index contributed by atoms with van der Waals surface area (Å²) in [5.41, 5.74) is 0. The van der Waals surface area contributed by atoms with Crippen molar-refractivity contribution < 1.29 is 80.2 Å². The summed E-state index contributed by atoms with van der Waals surface area (Å²) in [6, 6.07) is 0. The fourth-order valence-electron chi connectivity index (χ4n) is 12.6. The van der Waals surface area contributed by atoms with Crippen LogP contribution in [0.4, 0.5) is 0 Å². The van der Waals surface area contributed by atoms with E-state index in [9.17, 15) is 43.2 Å². The van der Waals surface area contributed by atoms with Gasteiger partial charge in [-0.25, -0.2) is 9.13 Å². The Morgan fingerprint density at radius 3 is 0.680 bits per heavy atom. The molecule has 0 amide bonds. The first kappa shape index (κ1) is 98.1. The van der Waals surface area contributed by atoms with Gasteiger partial charge in [-0.3, -0.25) is 37.3 Å². The molecule has 0 aliphatic carbocycles. The molecular formula is C81H158O17P2. The molecule has 0 aliphatic rings. The van der Waals surface area contributed by atoms with E-state index in [0.29, 0.717) is 25.7 Å². The first-order valence-electron chi connectivity index (χ1n) is 42.1. The van der Waals surface area contributed by atoms with Gasteiger partial charge in [-0.1, -0.05) is 381 Å². The molecule has 0 bridgehead atoms. The number of hydrogen-bond acceptors (Lipinski definition) is 15. The van der Waals surface area contributed by atoms with Crippen LogP contribution >= 0.6 is 15.6 Å². The highest BCUT2D eigenvalue weighted by molar-refractivity contribution is 7.47. The number of rotatable bonds is 81. The maximum atomic E-state index is 13.1. The molecule has 19 heteroatoms. The summed E-state index contributed by atoms with van der Waals surface area (Å²) in [5.74, 6) is -1.29. The van der Waals surface area contributed by atoms with Crippen molar-refractivity contribution >= 4 is 39.5 Å². The molecule has 0 heterocycles. The van der Waals surface area contributed by atoms with Gasteiger partial charge in [0.05, 0.1) is 26.4 Å². The highest BCUT2D eigenvalue weighted by atomic mass is 31.2. The van der Waals surface area contributed by atoms with Crippen LogP contribution in [0, 0.1) is 5.92 Å². The lowest BCUT2D eigenvalue weighted by Crippen LogP contribution is -2.30. The van der Waals surface area contributed by atoms with Gasteiger partial charge >= 0.3 is 39.5 Å². The minimum Gasteiger partial charge on any atom is -0.462 e. The molecule has 0 aromatic rings. The number of esters is 4. The molecule has 0 aliphatic heterocycles. The average Bonchev–Trinajstić information content (AvgIpc) is 1.04. The third-order valence-corrected chi connectivity index (χ3v) is 20.9. The number of aliphatic hydroxyl groups is 1. The molecule has 0 saturated carbocycles. The van der Waals surface area contributed by atoms with Gasteiger partial charge in [0.1, 0.15) is 19.3 Å². The standard InChI is InChI=1S/C81H158O17P2/c1-6-9-12-15-18-21-23-25-26-27-31-34-38-41-45-50-55-60-65-79(84)92-71-77(98-81(86)67-62-57-52-47-43-39-35-32-29-28-30-33-37-40-44-48-53-58-63-74(4)5)73-96-100(89,90)94-69-75(82)68-93-99(87,88)95-72-76(70-91-78(83)64-59-54-49-20-17-14-11-8-3)97-80(85)66-61-56-51-46-42-36-24-22-19-16-13-10-7-2/h74-77,82H,6-73H2,1-5H3,(H,87,88)(H,89,90)/t75-,76+,77+/m0/s1. The van der Waals surface area contributed by atoms with Crippen LogP contribution in [-0.4, -0.2) is 96.7 Å². The van der Waals surface area contributed by atoms with Crippen molar-refractivity contribution in [3.05, 3.63) is 0 Å². The van der Waals surface area contributed by atoms with E-state index in [-0.39, 0.29) is 25.7 Å². The minimum absolute atomic E-state index is 0.108. The van der Waals surface area contributed by atoms with Crippen molar-refractivity contribution in [2.24, 2.45) is 5.92 Å². The van der Waals surface area contributed by atoms with Gasteiger partial charge in [0, 0.05) is 25.7 Å². The molecule has 0 spiro atoms. The van der Waals surface area contributed by atoms with E-state index < -0.39 is 97.5 Å². The Kier molecular flexibility index (Phi) is 72.5. The largest absolute Gasteiger partial charge is 0.472 e. The number of carbonyl (C=O) groups excluding carboxylic acids is 4. The number of phosphoric acid groups is 2. The summed E-state index contributed by atoms with van der Waals surface area (Å²) >= 11 is 0. The molecule has 0 saturated heterocycles. The number of unbranched alkanes of at least 4 members (excludes halogenated alkanes) is 53. The van der Waals surface area contributed by atoms with E-state index >= 15 is 0 Å². The lowest BCUT2D eigenvalue weighted by Gasteiger charge is -2.21. The predicted molar refractivity (Wildman–Crippen MR) is 409 cm³/mol. The number of hydrogen-bond donors (Lipinski definition) is 3. The molecule has 0 aromatic carbocycles. The molecule has 0 rings (SSSR count). The van der Waals surface area contributed by atoms with Gasteiger partial charge < -0.3 is 33.8 Å². The van der Waals surface area contributed by atoms with Gasteiger partial charge in [0.15, 0.2) is 12.2 Å². The van der Waals surface area contributed by atoms with Crippen molar-refractivity contribution in [1.82, 2.24) is 0 Å². The summed E-state index contributed by atoms with van der Waals surface area (Å²) in [7, 11) is -9.91. The van der Waals surface area contributed by atoms with Crippen molar-refractivity contribution in [3.63, 3.8) is 0 Å². The van der Waals surface area contributed by atoms with Crippen molar-refractivity contribution in [3.8, 4) is 0 Å². The summed E-state index contributed by atoms with van der Waals surface area (Å²) in [6.45, 7) is 7.34. The Morgan fingerprint density at radius 2 is 0.460 bits per heavy atom. The normalized spacial score (nSPS) is 13.8. The molecule has 100 heavy (non-hydrogen) atoms. The van der Waals surface area contributed by atoms with Crippen LogP contribution in [0.5, 0.6) is 0 Å². The number of aliphatic hydroxyl groups excluding tert-OH is 1. The maximum absolute atomic E-state index is 13.1. The fraction of sp³-hybridized carbons (Fsp3) is 0.951. The summed E-state index contributed by atoms with van der Waals surface area (Å²) in [6.07, 6.45) is 65.3. The van der Waals surface area contributed by atoms with Gasteiger partial charge in [-0.2, -0.15) is 0 Å². The summed E-state index contributed by atoms with van der Waals surface area (Å²) in [5, 5.41) is 10.6. The zero-order chi connectivity index (χ0) is 73.4. The van der Waals surface area contributed by atoms with E-state index in [2.05, 4.69) is 34.6 Å². The van der Waals surface area contributed by atoms with E-state index in [4.69, 9.17) is 37.0 Å². The first-order valence-corrected chi connectivity index (χ1v) is 45.1. The Labute approximate surface area is 613 Å². The quantitative estimate of drug-likeness (QED) is 0.0222. The zero-order valence-corrected chi connectivity index (χ0v) is 67.1. The van der Waals surface area contributed by atoms with Crippen LogP contribution < -0.4 is 0 Å². The molecule has 0 aromatic heterocycles. The number of phosphoric ester groups is 2. The van der Waals surface area contributed by atoms with E-state index in [1.807, 2.05) is 0 Å². The number of carbonyl (C=O) groups is 4. The third kappa shape index (κ3) is 74.3. The molecule has 594 valence electrons. The lowest BCUT2D eigenvalue weighted by atomic mass is 10.0. The fourth-order valence-corrected chi connectivity index (χ4v) is 14.2. The van der Waals surface area contributed by atoms with Crippen LogP contribution in [0.15, 0.2) is 0 Å². The van der Waals surface area contributed by atoms with Gasteiger partial charge in [0.25, 0.3) is 0 Å². The topological polar surface area (TPSA) is 237 Å². The molecule has 3 N–H and O–H groups in total. The molecule has 17 nitrogen and oxygen atoms in total. The van der Waals surface area contributed by atoms with Crippen LogP contribution in [0.1, 0.15) is 433 Å². The summed E-state index contributed by atoms with van der Waals surface area (Å²) < 4.78 is 68.6. The molecule has 2 unspecified atom stereocenters. The molecule has 5 atom stereocenters. The van der Waals surface area contributed by atoms with Crippen LogP contribution in [-0.2, 0) is 65.4 Å². The Balaban J connectivity index is 5.18.